The molecule has 0 aliphatic rings. The van der Waals surface area contributed by atoms with Crippen molar-refractivity contribution in [3.8, 4) is 17.4 Å². The summed E-state index contributed by atoms with van der Waals surface area (Å²) in [5, 5.41) is 16.9. The minimum absolute atomic E-state index is 0.0216. The highest BCUT2D eigenvalue weighted by Crippen LogP contribution is 2.35. The van der Waals surface area contributed by atoms with Crippen molar-refractivity contribution in [1.29, 1.82) is 0 Å². The van der Waals surface area contributed by atoms with Gasteiger partial charge in [0.05, 0.1) is 16.5 Å². The van der Waals surface area contributed by atoms with Crippen LogP contribution in [0.25, 0.3) is 10.9 Å². The van der Waals surface area contributed by atoms with E-state index in [0.717, 1.165) is 4.73 Å². The largest absolute Gasteiger partial charge is 0.492 e. The number of amides is 2. The summed E-state index contributed by atoms with van der Waals surface area (Å²) >= 11 is 0. The number of urea groups is 1. The van der Waals surface area contributed by atoms with E-state index < -0.39 is 29.1 Å². The Morgan fingerprint density at radius 2 is 1.31 bits per heavy atom. The van der Waals surface area contributed by atoms with E-state index in [0.29, 0.717) is 33.8 Å². The fourth-order valence-corrected chi connectivity index (χ4v) is 4.12. The fourth-order valence-electron chi connectivity index (χ4n) is 4.12. The van der Waals surface area contributed by atoms with E-state index in [-0.39, 0.29) is 11.1 Å². The standard InChI is InChI=1S/C33H29N3O6/c1-33(2,3)31(39)42-36-27-20-23(16-19-26(27)28(30(36)38)29(37)21-10-6-4-7-11-21)35-32(40)34-22-14-17-25(18-15-22)41-24-12-8-5-9-13-24/h4-20,38H,1-3H3,(H2,34,35,40). The molecule has 0 saturated carbocycles. The average molecular weight is 564 g/mol. The molecule has 0 fully saturated rings. The van der Waals surface area contributed by atoms with Gasteiger partial charge in [0.25, 0.3) is 0 Å². The third-order valence-electron chi connectivity index (χ3n) is 6.30. The van der Waals surface area contributed by atoms with Crippen LogP contribution in [0.15, 0.2) is 103 Å². The van der Waals surface area contributed by atoms with Crippen LogP contribution in [-0.4, -0.2) is 27.6 Å². The third kappa shape index (κ3) is 6.10. The summed E-state index contributed by atoms with van der Waals surface area (Å²) in [5.41, 5.74) is 0.551. The molecule has 42 heavy (non-hydrogen) atoms. The summed E-state index contributed by atoms with van der Waals surface area (Å²) in [5.74, 6) is -0.269. The van der Waals surface area contributed by atoms with E-state index in [9.17, 15) is 19.5 Å². The zero-order valence-corrected chi connectivity index (χ0v) is 23.3. The first-order chi connectivity index (χ1) is 20.1. The molecule has 9 nitrogen and oxygen atoms in total. The van der Waals surface area contributed by atoms with Gasteiger partial charge >= 0.3 is 12.0 Å². The Labute approximate surface area is 242 Å². The number of carbonyl (C=O) groups is 3. The van der Waals surface area contributed by atoms with Crippen LogP contribution in [0.2, 0.25) is 0 Å². The maximum Gasteiger partial charge on any atom is 0.338 e. The third-order valence-corrected chi connectivity index (χ3v) is 6.30. The van der Waals surface area contributed by atoms with Gasteiger partial charge in [-0.1, -0.05) is 48.5 Å². The minimum atomic E-state index is -0.885. The zero-order valence-electron chi connectivity index (χ0n) is 23.3. The number of fused-ring (bicyclic) bond motifs is 1. The maximum absolute atomic E-state index is 13.4. The Morgan fingerprint density at radius 3 is 1.95 bits per heavy atom. The van der Waals surface area contributed by atoms with Gasteiger partial charge in [0, 0.05) is 22.3 Å². The Balaban J connectivity index is 1.39. The molecule has 5 rings (SSSR count). The highest BCUT2D eigenvalue weighted by molar-refractivity contribution is 6.18. The molecule has 9 heteroatoms. The number of hydrogen-bond acceptors (Lipinski definition) is 6. The minimum Gasteiger partial charge on any atom is -0.492 e. The number of nitrogens with zero attached hydrogens (tertiary/aromatic N) is 1. The molecule has 0 aliphatic heterocycles. The Hall–Kier alpha value is -5.57. The number of aromatic hydroxyl groups is 1. The smallest absolute Gasteiger partial charge is 0.338 e. The van der Waals surface area contributed by atoms with Crippen molar-refractivity contribution in [2.75, 3.05) is 10.6 Å². The van der Waals surface area contributed by atoms with Gasteiger partial charge in [0.1, 0.15) is 11.5 Å². The number of hydrogen-bond donors (Lipinski definition) is 3. The molecule has 0 atom stereocenters. The van der Waals surface area contributed by atoms with Gasteiger partial charge in [0.2, 0.25) is 5.88 Å². The van der Waals surface area contributed by atoms with Crippen molar-refractivity contribution in [1.82, 2.24) is 4.73 Å². The van der Waals surface area contributed by atoms with Crippen LogP contribution in [0.1, 0.15) is 36.7 Å². The van der Waals surface area contributed by atoms with E-state index in [1.165, 1.54) is 6.07 Å². The number of ketones is 1. The predicted molar refractivity (Wildman–Crippen MR) is 160 cm³/mol. The normalized spacial score (nSPS) is 11.1. The molecule has 0 unspecified atom stereocenters. The van der Waals surface area contributed by atoms with Crippen LogP contribution in [0.4, 0.5) is 16.2 Å². The molecule has 0 bridgehead atoms. The number of anilines is 2. The van der Waals surface area contributed by atoms with Crippen molar-refractivity contribution < 1.29 is 29.1 Å². The van der Waals surface area contributed by atoms with Gasteiger partial charge in [-0.05, 0) is 75.4 Å². The van der Waals surface area contributed by atoms with Gasteiger partial charge in [-0.15, -0.1) is 4.73 Å². The predicted octanol–water partition coefficient (Wildman–Crippen LogP) is 7.02. The van der Waals surface area contributed by atoms with Crippen molar-refractivity contribution >= 4 is 40.1 Å². The van der Waals surface area contributed by atoms with E-state index in [2.05, 4.69) is 10.6 Å². The van der Waals surface area contributed by atoms with Gasteiger partial charge in [-0.3, -0.25) is 4.79 Å². The van der Waals surface area contributed by atoms with Crippen LogP contribution in [0, 0.1) is 5.41 Å². The van der Waals surface area contributed by atoms with E-state index >= 15 is 0 Å². The highest BCUT2D eigenvalue weighted by Gasteiger charge is 2.30. The SMILES string of the molecule is CC(C)(C)C(=O)On1c(O)c(C(=O)c2ccccc2)c2ccc(NC(=O)Nc3ccc(Oc4ccccc4)cc3)cc21. The van der Waals surface area contributed by atoms with Crippen molar-refractivity contribution in [2.24, 2.45) is 5.41 Å². The molecular formula is C33H29N3O6. The van der Waals surface area contributed by atoms with Crippen molar-refractivity contribution in [3.63, 3.8) is 0 Å². The topological polar surface area (TPSA) is 119 Å². The monoisotopic (exact) mass is 563 g/mol. The number of nitrogens with one attached hydrogen (secondary N) is 2. The summed E-state index contributed by atoms with van der Waals surface area (Å²) in [4.78, 5) is 44.4. The van der Waals surface area contributed by atoms with E-state index in [4.69, 9.17) is 9.57 Å². The molecule has 4 aromatic carbocycles. The summed E-state index contributed by atoms with van der Waals surface area (Å²) in [7, 11) is 0. The second kappa shape index (κ2) is 11.5. The molecule has 1 aromatic heterocycles. The lowest BCUT2D eigenvalue weighted by Crippen LogP contribution is -2.31. The molecule has 1 heterocycles. The lowest BCUT2D eigenvalue weighted by atomic mass is 9.98. The molecule has 3 N–H and O–H groups in total. The molecule has 0 radical (unpaired) electrons. The lowest BCUT2D eigenvalue weighted by Gasteiger charge is -2.17. The molecule has 0 saturated heterocycles. The van der Waals surface area contributed by atoms with Gasteiger partial charge < -0.3 is 25.3 Å². The number of aromatic nitrogens is 1. The molecule has 2 amide bonds. The number of rotatable bonds is 7. The summed E-state index contributed by atoms with van der Waals surface area (Å²) in [6.07, 6.45) is 0. The van der Waals surface area contributed by atoms with Crippen LogP contribution in [0.3, 0.4) is 0 Å². The van der Waals surface area contributed by atoms with Gasteiger partial charge in [0.15, 0.2) is 5.78 Å². The van der Waals surface area contributed by atoms with Crippen LogP contribution >= 0.6 is 0 Å². The number of ether oxygens (including phenoxy) is 1. The van der Waals surface area contributed by atoms with Crippen LogP contribution < -0.4 is 20.2 Å². The summed E-state index contributed by atoms with van der Waals surface area (Å²) in [6.45, 7) is 5.02. The Kier molecular flexibility index (Phi) is 7.66. The maximum atomic E-state index is 13.4. The van der Waals surface area contributed by atoms with E-state index in [1.807, 2.05) is 30.3 Å². The highest BCUT2D eigenvalue weighted by atomic mass is 16.7. The van der Waals surface area contributed by atoms with Gasteiger partial charge in [-0.2, -0.15) is 0 Å². The summed E-state index contributed by atoms with van der Waals surface area (Å²) in [6, 6.07) is 28.9. The van der Waals surface area contributed by atoms with Crippen molar-refractivity contribution in [3.05, 3.63) is 114 Å². The average Bonchev–Trinajstić information content (AvgIpc) is 3.24. The number of benzene rings is 4. The quantitative estimate of drug-likeness (QED) is 0.183. The number of carbonyl (C=O) groups excluding carboxylic acids is 3. The first-order valence-corrected chi connectivity index (χ1v) is 13.2. The Morgan fingerprint density at radius 1 is 0.738 bits per heavy atom. The first-order valence-electron chi connectivity index (χ1n) is 13.2. The molecule has 212 valence electrons. The molecule has 0 spiro atoms. The number of para-hydroxylation sites is 1. The molecule has 5 aromatic rings. The second-order valence-corrected chi connectivity index (χ2v) is 10.6. The van der Waals surface area contributed by atoms with Crippen LogP contribution in [-0.2, 0) is 4.79 Å². The van der Waals surface area contributed by atoms with Gasteiger partial charge in [-0.25, -0.2) is 9.59 Å². The zero-order chi connectivity index (χ0) is 29.9. The van der Waals surface area contributed by atoms with E-state index in [1.54, 1.807) is 87.5 Å². The Bertz CT molecular complexity index is 1760. The lowest BCUT2D eigenvalue weighted by molar-refractivity contribution is -0.153. The first kappa shape index (κ1) is 28.0. The fraction of sp³-hybridized carbons (Fsp3) is 0.121. The summed E-state index contributed by atoms with van der Waals surface area (Å²) < 4.78 is 6.70. The molecule has 0 aliphatic carbocycles. The molecular weight excluding hydrogens is 534 g/mol. The van der Waals surface area contributed by atoms with Crippen LogP contribution in [0.5, 0.6) is 17.4 Å². The van der Waals surface area contributed by atoms with Crippen molar-refractivity contribution in [2.45, 2.75) is 20.8 Å². The second-order valence-electron chi connectivity index (χ2n) is 10.6.